The number of hydrogen-bond donors (Lipinski definition) is 2. The SMILES string of the molecule is COc1ccc(Cl)cc1C(=O)NNS(=O)(=O)c1ccc(C(C)C)cc1. The molecule has 0 saturated carbocycles. The van der Waals surface area contributed by atoms with Crippen molar-refractivity contribution in [2.24, 2.45) is 0 Å². The summed E-state index contributed by atoms with van der Waals surface area (Å²) in [6.07, 6.45) is 0. The van der Waals surface area contributed by atoms with Gasteiger partial charge in [0.25, 0.3) is 15.9 Å². The Balaban J connectivity index is 2.14. The molecule has 0 aliphatic carbocycles. The van der Waals surface area contributed by atoms with E-state index in [0.717, 1.165) is 5.56 Å². The smallest absolute Gasteiger partial charge is 0.270 e. The second-order valence-electron chi connectivity index (χ2n) is 5.63. The Kier molecular flexibility index (Phi) is 6.05. The van der Waals surface area contributed by atoms with Gasteiger partial charge in [0.1, 0.15) is 5.75 Å². The van der Waals surface area contributed by atoms with E-state index in [2.05, 4.69) is 10.3 Å². The van der Waals surface area contributed by atoms with Crippen molar-refractivity contribution in [3.63, 3.8) is 0 Å². The van der Waals surface area contributed by atoms with Crippen LogP contribution < -0.4 is 15.0 Å². The first-order valence-electron chi connectivity index (χ1n) is 7.50. The third kappa shape index (κ3) is 4.72. The lowest BCUT2D eigenvalue weighted by molar-refractivity contribution is 0.0942. The quantitative estimate of drug-likeness (QED) is 0.752. The van der Waals surface area contributed by atoms with Crippen LogP contribution in [0.5, 0.6) is 5.75 Å². The largest absolute Gasteiger partial charge is 0.496 e. The standard InChI is InChI=1S/C17H19ClN2O4S/c1-11(2)12-4-7-14(8-5-12)25(22,23)20-19-17(21)15-10-13(18)6-9-16(15)24-3/h4-11,20H,1-3H3,(H,19,21). The number of ether oxygens (including phenoxy) is 1. The van der Waals surface area contributed by atoms with Crippen LogP contribution in [-0.2, 0) is 10.0 Å². The summed E-state index contributed by atoms with van der Waals surface area (Å²) in [5, 5.41) is 0.332. The minimum atomic E-state index is -3.89. The van der Waals surface area contributed by atoms with Crippen LogP contribution in [0.25, 0.3) is 0 Å². The van der Waals surface area contributed by atoms with Gasteiger partial charge in [0.05, 0.1) is 17.6 Å². The lowest BCUT2D eigenvalue weighted by atomic mass is 10.0. The molecule has 2 N–H and O–H groups in total. The van der Waals surface area contributed by atoms with Gasteiger partial charge in [-0.1, -0.05) is 37.6 Å². The summed E-state index contributed by atoms with van der Waals surface area (Å²) in [6, 6.07) is 10.9. The molecule has 0 saturated heterocycles. The number of halogens is 1. The van der Waals surface area contributed by atoms with E-state index in [4.69, 9.17) is 16.3 Å². The summed E-state index contributed by atoms with van der Waals surface area (Å²) in [5.74, 6) is -0.108. The summed E-state index contributed by atoms with van der Waals surface area (Å²) in [5.41, 5.74) is 3.30. The van der Waals surface area contributed by atoms with Crippen molar-refractivity contribution in [1.29, 1.82) is 0 Å². The van der Waals surface area contributed by atoms with Crippen LogP contribution in [0, 0.1) is 0 Å². The second kappa shape index (κ2) is 7.86. The number of methoxy groups -OCH3 is 1. The zero-order chi connectivity index (χ0) is 18.6. The zero-order valence-corrected chi connectivity index (χ0v) is 15.6. The molecule has 1 amide bonds. The van der Waals surface area contributed by atoms with Gasteiger partial charge in [0.2, 0.25) is 0 Å². The van der Waals surface area contributed by atoms with Gasteiger partial charge in [-0.25, -0.2) is 8.42 Å². The topological polar surface area (TPSA) is 84.5 Å². The fourth-order valence-electron chi connectivity index (χ4n) is 2.13. The Labute approximate surface area is 152 Å². The molecule has 0 aliphatic rings. The molecule has 2 aromatic carbocycles. The Morgan fingerprint density at radius 2 is 1.76 bits per heavy atom. The predicted molar refractivity (Wildman–Crippen MR) is 96.3 cm³/mol. The third-order valence-corrected chi connectivity index (χ3v) is 5.06. The molecule has 0 radical (unpaired) electrons. The average molecular weight is 383 g/mol. The highest BCUT2D eigenvalue weighted by atomic mass is 35.5. The Morgan fingerprint density at radius 3 is 2.32 bits per heavy atom. The molecule has 0 aromatic heterocycles. The summed E-state index contributed by atoms with van der Waals surface area (Å²) < 4.78 is 29.7. The lowest BCUT2D eigenvalue weighted by Crippen LogP contribution is -2.41. The molecule has 8 heteroatoms. The van der Waals surface area contributed by atoms with Gasteiger partial charge in [-0.2, -0.15) is 0 Å². The van der Waals surface area contributed by atoms with Crippen LogP contribution >= 0.6 is 11.6 Å². The van der Waals surface area contributed by atoms with Crippen LogP contribution in [0.1, 0.15) is 35.7 Å². The van der Waals surface area contributed by atoms with Crippen LogP contribution in [0.15, 0.2) is 47.4 Å². The molecule has 0 spiro atoms. The molecule has 25 heavy (non-hydrogen) atoms. The summed E-state index contributed by atoms with van der Waals surface area (Å²) in [6.45, 7) is 4.03. The van der Waals surface area contributed by atoms with Gasteiger partial charge in [-0.15, -0.1) is 4.83 Å². The number of amides is 1. The summed E-state index contributed by atoms with van der Waals surface area (Å²) in [4.78, 5) is 14.3. The van der Waals surface area contributed by atoms with Crippen molar-refractivity contribution in [2.75, 3.05) is 7.11 Å². The number of benzene rings is 2. The maximum atomic E-state index is 12.3. The fraction of sp³-hybridized carbons (Fsp3) is 0.235. The number of sulfonamides is 1. The first kappa shape index (κ1) is 19.2. The number of carbonyl (C=O) groups is 1. The van der Waals surface area contributed by atoms with Crippen molar-refractivity contribution in [3.05, 3.63) is 58.6 Å². The van der Waals surface area contributed by atoms with E-state index in [-0.39, 0.29) is 16.2 Å². The zero-order valence-electron chi connectivity index (χ0n) is 14.0. The van der Waals surface area contributed by atoms with E-state index < -0.39 is 15.9 Å². The van der Waals surface area contributed by atoms with E-state index in [1.165, 1.54) is 31.4 Å². The molecule has 0 bridgehead atoms. The second-order valence-corrected chi connectivity index (χ2v) is 7.75. The molecule has 0 unspecified atom stereocenters. The molecule has 0 atom stereocenters. The number of rotatable bonds is 6. The highest BCUT2D eigenvalue weighted by Crippen LogP contribution is 2.22. The Bertz CT molecular complexity index is 865. The Morgan fingerprint density at radius 1 is 1.12 bits per heavy atom. The van der Waals surface area contributed by atoms with E-state index in [1.54, 1.807) is 18.2 Å². The van der Waals surface area contributed by atoms with Crippen molar-refractivity contribution in [2.45, 2.75) is 24.7 Å². The normalized spacial score (nSPS) is 11.4. The number of carbonyl (C=O) groups excluding carboxylic acids is 1. The average Bonchev–Trinajstić information content (AvgIpc) is 2.59. The van der Waals surface area contributed by atoms with Crippen molar-refractivity contribution in [3.8, 4) is 5.75 Å². The van der Waals surface area contributed by atoms with Gasteiger partial charge in [-0.3, -0.25) is 10.2 Å². The van der Waals surface area contributed by atoms with E-state index in [1.807, 2.05) is 13.8 Å². The maximum Gasteiger partial charge on any atom is 0.270 e. The van der Waals surface area contributed by atoms with Crippen LogP contribution in [-0.4, -0.2) is 21.4 Å². The molecule has 0 fully saturated rings. The van der Waals surface area contributed by atoms with Crippen molar-refractivity contribution < 1.29 is 17.9 Å². The van der Waals surface area contributed by atoms with Gasteiger partial charge >= 0.3 is 0 Å². The first-order chi connectivity index (χ1) is 11.7. The molecular formula is C17H19ClN2O4S. The van der Waals surface area contributed by atoms with Gasteiger partial charge < -0.3 is 4.74 Å². The minimum absolute atomic E-state index is 0.0512. The van der Waals surface area contributed by atoms with Crippen LogP contribution in [0.3, 0.4) is 0 Å². The van der Waals surface area contributed by atoms with Crippen LogP contribution in [0.4, 0.5) is 0 Å². The summed E-state index contributed by atoms with van der Waals surface area (Å²) in [7, 11) is -2.49. The lowest BCUT2D eigenvalue weighted by Gasteiger charge is -2.12. The fourth-order valence-corrected chi connectivity index (χ4v) is 3.14. The van der Waals surface area contributed by atoms with Crippen molar-refractivity contribution in [1.82, 2.24) is 10.3 Å². The summed E-state index contributed by atoms with van der Waals surface area (Å²) >= 11 is 5.87. The highest BCUT2D eigenvalue weighted by molar-refractivity contribution is 7.89. The van der Waals surface area contributed by atoms with E-state index >= 15 is 0 Å². The molecular weight excluding hydrogens is 364 g/mol. The van der Waals surface area contributed by atoms with Gasteiger partial charge in [0, 0.05) is 5.02 Å². The monoisotopic (exact) mass is 382 g/mol. The van der Waals surface area contributed by atoms with Gasteiger partial charge in [0.15, 0.2) is 0 Å². The molecule has 0 heterocycles. The van der Waals surface area contributed by atoms with Crippen molar-refractivity contribution >= 4 is 27.5 Å². The molecule has 2 aromatic rings. The maximum absolute atomic E-state index is 12.3. The van der Waals surface area contributed by atoms with E-state index in [9.17, 15) is 13.2 Å². The third-order valence-electron chi connectivity index (χ3n) is 3.56. The minimum Gasteiger partial charge on any atom is -0.496 e. The Hall–Kier alpha value is -2.09. The number of hydrazine groups is 1. The molecule has 134 valence electrons. The number of nitrogens with one attached hydrogen (secondary N) is 2. The molecule has 0 aliphatic heterocycles. The van der Waals surface area contributed by atoms with Gasteiger partial charge in [-0.05, 0) is 41.8 Å². The number of hydrogen-bond acceptors (Lipinski definition) is 4. The first-order valence-corrected chi connectivity index (χ1v) is 9.36. The van der Waals surface area contributed by atoms with E-state index in [0.29, 0.717) is 10.9 Å². The predicted octanol–water partition coefficient (Wildman–Crippen LogP) is 3.10. The molecule has 2 rings (SSSR count). The molecule has 6 nitrogen and oxygen atoms in total. The highest BCUT2D eigenvalue weighted by Gasteiger charge is 2.18. The van der Waals surface area contributed by atoms with Crippen LogP contribution in [0.2, 0.25) is 5.02 Å².